The molecule has 144 valence electrons. The number of carbonyl (C=O) groups is 2. The summed E-state index contributed by atoms with van der Waals surface area (Å²) in [6.07, 6.45) is 4.28. The lowest BCUT2D eigenvalue weighted by molar-refractivity contribution is -0.142. The number of anilines is 1. The summed E-state index contributed by atoms with van der Waals surface area (Å²) in [5, 5.41) is 2.99. The molecule has 1 atom stereocenters. The standard InChI is InChI=1S/C21H27N3O3/c1-3-6-19-18-7-5-12-23(18)13-14-24(19)21(26)22-17-10-8-16(9-11-17)15-20(25)27-4-2/h5,7-12,19H,3-4,6,13-15H2,1-2H3,(H,22,26). The number of rotatable bonds is 6. The number of nitrogens with zero attached hydrogens (tertiary/aromatic N) is 2. The molecule has 0 fully saturated rings. The SMILES string of the molecule is CCCC1c2cccn2CCN1C(=O)Nc1ccc(CC(=O)OCC)cc1. The Bertz CT molecular complexity index is 782. The number of esters is 1. The van der Waals surface area contributed by atoms with Gasteiger partial charge in [-0.1, -0.05) is 25.5 Å². The van der Waals surface area contributed by atoms with Gasteiger partial charge in [-0.05, 0) is 43.2 Å². The lowest BCUT2D eigenvalue weighted by Gasteiger charge is -2.37. The van der Waals surface area contributed by atoms with Crippen LogP contribution in [0.2, 0.25) is 0 Å². The van der Waals surface area contributed by atoms with E-state index in [0.29, 0.717) is 13.2 Å². The fraction of sp³-hybridized carbons (Fsp3) is 0.429. The van der Waals surface area contributed by atoms with Crippen molar-refractivity contribution in [3.63, 3.8) is 0 Å². The molecule has 1 aliphatic heterocycles. The number of hydrogen-bond acceptors (Lipinski definition) is 3. The molecule has 0 radical (unpaired) electrons. The molecule has 0 bridgehead atoms. The van der Waals surface area contributed by atoms with E-state index in [0.717, 1.165) is 30.6 Å². The van der Waals surface area contributed by atoms with Crippen LogP contribution < -0.4 is 5.32 Å². The molecule has 1 aliphatic rings. The fourth-order valence-electron chi connectivity index (χ4n) is 3.56. The van der Waals surface area contributed by atoms with Crippen LogP contribution in [-0.2, 0) is 22.5 Å². The van der Waals surface area contributed by atoms with Crippen molar-refractivity contribution in [1.82, 2.24) is 9.47 Å². The smallest absolute Gasteiger partial charge is 0.322 e. The van der Waals surface area contributed by atoms with Crippen molar-refractivity contribution < 1.29 is 14.3 Å². The first-order valence-electron chi connectivity index (χ1n) is 9.59. The van der Waals surface area contributed by atoms with E-state index in [2.05, 4.69) is 29.1 Å². The van der Waals surface area contributed by atoms with E-state index in [9.17, 15) is 9.59 Å². The van der Waals surface area contributed by atoms with Crippen LogP contribution in [0.4, 0.5) is 10.5 Å². The van der Waals surface area contributed by atoms with Crippen molar-refractivity contribution in [3.8, 4) is 0 Å². The largest absolute Gasteiger partial charge is 0.466 e. The van der Waals surface area contributed by atoms with Crippen LogP contribution in [0.5, 0.6) is 0 Å². The molecule has 0 saturated carbocycles. The molecule has 27 heavy (non-hydrogen) atoms. The lowest BCUT2D eigenvalue weighted by atomic mass is 10.0. The molecule has 2 aromatic rings. The highest BCUT2D eigenvalue weighted by Crippen LogP contribution is 2.30. The van der Waals surface area contributed by atoms with Gasteiger partial charge in [-0.15, -0.1) is 0 Å². The average Bonchev–Trinajstić information content (AvgIpc) is 3.13. The van der Waals surface area contributed by atoms with E-state index in [1.165, 1.54) is 5.69 Å². The molecule has 1 aromatic heterocycles. The van der Waals surface area contributed by atoms with Gasteiger partial charge in [0.2, 0.25) is 0 Å². The van der Waals surface area contributed by atoms with Crippen LogP contribution in [0, 0.1) is 0 Å². The highest BCUT2D eigenvalue weighted by Gasteiger charge is 2.30. The Morgan fingerprint density at radius 2 is 1.93 bits per heavy atom. The van der Waals surface area contributed by atoms with Gasteiger partial charge in [-0.3, -0.25) is 4.79 Å². The number of ether oxygens (including phenoxy) is 1. The second-order valence-electron chi connectivity index (χ2n) is 6.73. The van der Waals surface area contributed by atoms with Crippen LogP contribution >= 0.6 is 0 Å². The van der Waals surface area contributed by atoms with E-state index in [1.54, 1.807) is 6.92 Å². The monoisotopic (exact) mass is 369 g/mol. The lowest BCUT2D eigenvalue weighted by Crippen LogP contribution is -2.44. The van der Waals surface area contributed by atoms with Gasteiger partial charge in [0.25, 0.3) is 0 Å². The third-order valence-corrected chi connectivity index (χ3v) is 4.85. The third-order valence-electron chi connectivity index (χ3n) is 4.85. The Hall–Kier alpha value is -2.76. The predicted octanol–water partition coefficient (Wildman–Crippen LogP) is 3.98. The van der Waals surface area contributed by atoms with Crippen molar-refractivity contribution in [2.24, 2.45) is 0 Å². The minimum atomic E-state index is -0.243. The van der Waals surface area contributed by atoms with Crippen molar-refractivity contribution in [3.05, 3.63) is 53.9 Å². The van der Waals surface area contributed by atoms with Gasteiger partial charge in [0.1, 0.15) is 0 Å². The van der Waals surface area contributed by atoms with E-state index >= 15 is 0 Å². The number of aromatic nitrogens is 1. The van der Waals surface area contributed by atoms with Gasteiger partial charge >= 0.3 is 12.0 Å². The number of nitrogens with one attached hydrogen (secondary N) is 1. The Balaban J connectivity index is 1.65. The topological polar surface area (TPSA) is 63.6 Å². The first-order valence-corrected chi connectivity index (χ1v) is 9.59. The second kappa shape index (κ2) is 8.75. The summed E-state index contributed by atoms with van der Waals surface area (Å²) in [6, 6.07) is 11.5. The summed E-state index contributed by atoms with van der Waals surface area (Å²) in [7, 11) is 0. The number of urea groups is 1. The molecule has 2 heterocycles. The van der Waals surface area contributed by atoms with Gasteiger partial charge in [0.05, 0.1) is 19.1 Å². The van der Waals surface area contributed by atoms with Gasteiger partial charge in [-0.2, -0.15) is 0 Å². The van der Waals surface area contributed by atoms with Crippen molar-refractivity contribution in [2.45, 2.75) is 45.7 Å². The normalized spacial score (nSPS) is 15.9. The molecular weight excluding hydrogens is 342 g/mol. The van der Waals surface area contributed by atoms with Crippen LogP contribution in [0.25, 0.3) is 0 Å². The van der Waals surface area contributed by atoms with Crippen LogP contribution in [0.1, 0.15) is 44.0 Å². The molecule has 3 rings (SSSR count). The molecule has 1 unspecified atom stereocenters. The quantitative estimate of drug-likeness (QED) is 0.783. The summed E-state index contributed by atoms with van der Waals surface area (Å²) < 4.78 is 7.19. The molecule has 6 nitrogen and oxygen atoms in total. The molecule has 0 spiro atoms. The third kappa shape index (κ3) is 4.51. The summed E-state index contributed by atoms with van der Waals surface area (Å²) in [6.45, 7) is 5.82. The van der Waals surface area contributed by atoms with Crippen LogP contribution in [0.15, 0.2) is 42.6 Å². The Morgan fingerprint density at radius 1 is 1.15 bits per heavy atom. The highest BCUT2D eigenvalue weighted by molar-refractivity contribution is 5.89. The van der Waals surface area contributed by atoms with E-state index in [-0.39, 0.29) is 24.5 Å². The molecular formula is C21H27N3O3. The molecule has 0 saturated heterocycles. The zero-order valence-corrected chi connectivity index (χ0v) is 16.0. The van der Waals surface area contributed by atoms with Crippen LogP contribution in [0.3, 0.4) is 0 Å². The predicted molar refractivity (Wildman–Crippen MR) is 105 cm³/mol. The highest BCUT2D eigenvalue weighted by atomic mass is 16.5. The van der Waals surface area contributed by atoms with Gasteiger partial charge in [0, 0.05) is 30.7 Å². The molecule has 2 amide bonds. The summed E-state index contributed by atoms with van der Waals surface area (Å²) in [5.41, 5.74) is 2.79. The number of carbonyl (C=O) groups excluding carboxylic acids is 2. The zero-order chi connectivity index (χ0) is 19.2. The molecule has 6 heteroatoms. The summed E-state index contributed by atoms with van der Waals surface area (Å²) in [4.78, 5) is 26.3. The van der Waals surface area contributed by atoms with E-state index < -0.39 is 0 Å². The van der Waals surface area contributed by atoms with E-state index in [1.807, 2.05) is 35.2 Å². The maximum absolute atomic E-state index is 12.9. The van der Waals surface area contributed by atoms with Gasteiger partial charge < -0.3 is 19.5 Å². The van der Waals surface area contributed by atoms with Crippen molar-refractivity contribution >= 4 is 17.7 Å². The number of fused-ring (bicyclic) bond motifs is 1. The number of benzene rings is 1. The maximum Gasteiger partial charge on any atom is 0.322 e. The average molecular weight is 369 g/mol. The Morgan fingerprint density at radius 3 is 2.63 bits per heavy atom. The zero-order valence-electron chi connectivity index (χ0n) is 16.0. The molecule has 1 N–H and O–H groups in total. The first kappa shape index (κ1) is 19.0. The number of amides is 2. The minimum absolute atomic E-state index is 0.0842. The maximum atomic E-state index is 12.9. The second-order valence-corrected chi connectivity index (χ2v) is 6.73. The summed E-state index contributed by atoms with van der Waals surface area (Å²) >= 11 is 0. The first-order chi connectivity index (χ1) is 13.1. The molecule has 0 aliphatic carbocycles. The van der Waals surface area contributed by atoms with Crippen LogP contribution in [-0.4, -0.2) is 34.6 Å². The van der Waals surface area contributed by atoms with Gasteiger partial charge in [0.15, 0.2) is 0 Å². The fourth-order valence-corrected chi connectivity index (χ4v) is 3.56. The van der Waals surface area contributed by atoms with Crippen molar-refractivity contribution in [2.75, 3.05) is 18.5 Å². The molecule has 1 aromatic carbocycles. The van der Waals surface area contributed by atoms with E-state index in [4.69, 9.17) is 4.74 Å². The Kier molecular flexibility index (Phi) is 6.16. The van der Waals surface area contributed by atoms with Crippen molar-refractivity contribution in [1.29, 1.82) is 0 Å². The Labute approximate surface area is 160 Å². The number of hydrogen-bond donors (Lipinski definition) is 1. The minimum Gasteiger partial charge on any atom is -0.466 e. The van der Waals surface area contributed by atoms with Gasteiger partial charge in [-0.25, -0.2) is 4.79 Å². The summed E-state index contributed by atoms with van der Waals surface area (Å²) in [5.74, 6) is -0.243.